The van der Waals surface area contributed by atoms with Crippen LogP contribution in [-0.2, 0) is 5.75 Å². The highest BCUT2D eigenvalue weighted by Crippen LogP contribution is 2.19. The summed E-state index contributed by atoms with van der Waals surface area (Å²) in [4.78, 5) is 23.0. The van der Waals surface area contributed by atoms with E-state index in [1.807, 2.05) is 18.2 Å². The molecule has 9 heteroatoms. The molecule has 0 aromatic carbocycles. The third kappa shape index (κ3) is 2.64. The smallest absolute Gasteiger partial charge is 0.350 e. The Morgan fingerprint density at radius 1 is 1.45 bits per heavy atom. The second-order valence-corrected chi connectivity index (χ2v) is 5.19. The number of aromatic nitrogens is 5. The van der Waals surface area contributed by atoms with Gasteiger partial charge in [-0.15, -0.1) is 0 Å². The van der Waals surface area contributed by atoms with Crippen LogP contribution in [0.15, 0.2) is 34.5 Å². The summed E-state index contributed by atoms with van der Waals surface area (Å²) < 4.78 is 6.11. The van der Waals surface area contributed by atoms with Crippen LogP contribution in [0.2, 0.25) is 0 Å². The molecule has 0 spiro atoms. The van der Waals surface area contributed by atoms with Gasteiger partial charge >= 0.3 is 5.69 Å². The molecule has 110 valence electrons. The quantitative estimate of drug-likeness (QED) is 0.715. The maximum atomic E-state index is 11.9. The summed E-state index contributed by atoms with van der Waals surface area (Å²) in [5, 5.41) is 13.2. The monoisotopic (exact) mass is 314 g/mol. The first-order valence-electron chi connectivity index (χ1n) is 6.21. The minimum absolute atomic E-state index is 0.247. The highest BCUT2D eigenvalue weighted by atomic mass is 32.2. The summed E-state index contributed by atoms with van der Waals surface area (Å²) in [5.74, 6) is 1.21. The second-order valence-electron chi connectivity index (χ2n) is 4.23. The number of methoxy groups -OCH3 is 1. The van der Waals surface area contributed by atoms with Gasteiger partial charge in [0, 0.05) is 5.75 Å². The van der Waals surface area contributed by atoms with Crippen molar-refractivity contribution in [2.75, 3.05) is 7.11 Å². The largest absolute Gasteiger partial charge is 0.495 e. The van der Waals surface area contributed by atoms with Gasteiger partial charge in [0.15, 0.2) is 10.8 Å². The van der Waals surface area contributed by atoms with E-state index in [1.165, 1.54) is 18.0 Å². The van der Waals surface area contributed by atoms with E-state index in [0.717, 1.165) is 10.2 Å². The second kappa shape index (κ2) is 5.87. The zero-order valence-electron chi connectivity index (χ0n) is 11.5. The van der Waals surface area contributed by atoms with Crippen LogP contribution in [0.1, 0.15) is 11.3 Å². The molecule has 0 fully saturated rings. The lowest BCUT2D eigenvalue weighted by molar-refractivity contribution is 0.412. The van der Waals surface area contributed by atoms with E-state index >= 15 is 0 Å². The van der Waals surface area contributed by atoms with Crippen LogP contribution < -0.4 is 10.4 Å². The molecule has 0 saturated heterocycles. The van der Waals surface area contributed by atoms with E-state index in [4.69, 9.17) is 10.00 Å². The summed E-state index contributed by atoms with van der Waals surface area (Å²) in [6.07, 6.45) is 2.94. The number of ether oxygens (including phenoxy) is 1. The SMILES string of the molecule is COc1ccc(CSc2nc3c(C#N)cnn3c(=O)[nH]2)nc1. The van der Waals surface area contributed by atoms with Gasteiger partial charge in [-0.1, -0.05) is 11.8 Å². The molecule has 3 rings (SSSR count). The van der Waals surface area contributed by atoms with Crippen molar-refractivity contribution in [2.24, 2.45) is 0 Å². The average Bonchev–Trinajstić information content (AvgIpc) is 2.97. The Bertz CT molecular complexity index is 909. The normalized spacial score (nSPS) is 10.5. The van der Waals surface area contributed by atoms with E-state index in [2.05, 4.69) is 20.1 Å². The predicted molar refractivity (Wildman–Crippen MR) is 78.7 cm³/mol. The first-order valence-corrected chi connectivity index (χ1v) is 7.19. The highest BCUT2D eigenvalue weighted by molar-refractivity contribution is 7.98. The molecule has 0 unspecified atom stereocenters. The van der Waals surface area contributed by atoms with Gasteiger partial charge in [0.25, 0.3) is 0 Å². The van der Waals surface area contributed by atoms with Gasteiger partial charge in [-0.3, -0.25) is 9.97 Å². The fourth-order valence-electron chi connectivity index (χ4n) is 1.77. The molecule has 22 heavy (non-hydrogen) atoms. The van der Waals surface area contributed by atoms with Crippen molar-refractivity contribution >= 4 is 17.4 Å². The number of pyridine rings is 1. The van der Waals surface area contributed by atoms with E-state index in [1.54, 1.807) is 13.3 Å². The minimum atomic E-state index is -0.434. The van der Waals surface area contributed by atoms with Gasteiger partial charge in [0.1, 0.15) is 17.4 Å². The van der Waals surface area contributed by atoms with Crippen LogP contribution in [0.25, 0.3) is 5.65 Å². The lowest BCUT2D eigenvalue weighted by Gasteiger charge is -2.03. The molecule has 0 bridgehead atoms. The first kappa shape index (κ1) is 14.1. The Hall–Kier alpha value is -2.86. The maximum absolute atomic E-state index is 11.9. The van der Waals surface area contributed by atoms with Crippen molar-refractivity contribution in [3.63, 3.8) is 0 Å². The topological polar surface area (TPSA) is 109 Å². The number of hydrogen-bond acceptors (Lipinski definition) is 7. The number of hydrogen-bond donors (Lipinski definition) is 1. The van der Waals surface area contributed by atoms with Crippen molar-refractivity contribution < 1.29 is 4.74 Å². The maximum Gasteiger partial charge on any atom is 0.350 e. The Kier molecular flexibility index (Phi) is 3.76. The van der Waals surface area contributed by atoms with Crippen LogP contribution in [0.4, 0.5) is 0 Å². The van der Waals surface area contributed by atoms with Crippen LogP contribution >= 0.6 is 11.8 Å². The van der Waals surface area contributed by atoms with Crippen LogP contribution in [0.3, 0.4) is 0 Å². The lowest BCUT2D eigenvalue weighted by Crippen LogP contribution is -2.19. The van der Waals surface area contributed by atoms with Gasteiger partial charge in [-0.2, -0.15) is 14.9 Å². The van der Waals surface area contributed by atoms with Gasteiger partial charge in [-0.05, 0) is 12.1 Å². The zero-order chi connectivity index (χ0) is 15.5. The third-order valence-corrected chi connectivity index (χ3v) is 3.77. The number of nitrogens with one attached hydrogen (secondary N) is 1. The molecule has 0 aliphatic rings. The van der Waals surface area contributed by atoms with Crippen LogP contribution in [0, 0.1) is 11.3 Å². The zero-order valence-corrected chi connectivity index (χ0v) is 12.3. The molecular formula is C13H10N6O2S. The third-order valence-electron chi connectivity index (χ3n) is 2.87. The average molecular weight is 314 g/mol. The van der Waals surface area contributed by atoms with Crippen molar-refractivity contribution in [1.29, 1.82) is 5.26 Å². The number of nitriles is 1. The molecule has 8 nitrogen and oxygen atoms in total. The number of nitrogens with zero attached hydrogens (tertiary/aromatic N) is 5. The van der Waals surface area contributed by atoms with Crippen LogP contribution in [0.5, 0.6) is 5.75 Å². The fourth-order valence-corrected chi connectivity index (χ4v) is 2.54. The van der Waals surface area contributed by atoms with Gasteiger partial charge in [0.05, 0.1) is 25.2 Å². The summed E-state index contributed by atoms with van der Waals surface area (Å²) in [7, 11) is 1.58. The molecule has 0 saturated carbocycles. The number of aromatic amines is 1. The summed E-state index contributed by atoms with van der Waals surface area (Å²) >= 11 is 1.32. The van der Waals surface area contributed by atoms with Crippen molar-refractivity contribution in [3.8, 4) is 11.8 Å². The van der Waals surface area contributed by atoms with Crippen molar-refractivity contribution in [2.45, 2.75) is 10.9 Å². The standard InChI is InChI=1S/C13H10N6O2S/c1-21-10-3-2-9(15-6-10)7-22-12-17-11-8(4-14)5-16-19(11)13(20)18-12/h2-3,5-6H,7H2,1H3,(H,17,18,20). The number of fused-ring (bicyclic) bond motifs is 1. The summed E-state index contributed by atoms with van der Waals surface area (Å²) in [5.41, 5.74) is 0.894. The molecule has 0 radical (unpaired) electrons. The molecule has 0 aliphatic carbocycles. The lowest BCUT2D eigenvalue weighted by atomic mass is 10.4. The molecule has 1 N–H and O–H groups in total. The molecular weight excluding hydrogens is 304 g/mol. The number of rotatable bonds is 4. The van der Waals surface area contributed by atoms with Gasteiger partial charge in [0.2, 0.25) is 0 Å². The molecule has 0 amide bonds. The van der Waals surface area contributed by atoms with E-state index < -0.39 is 5.69 Å². The first-order chi connectivity index (χ1) is 10.7. The summed E-state index contributed by atoms with van der Waals surface area (Å²) in [6.45, 7) is 0. The number of H-pyrrole nitrogens is 1. The fraction of sp³-hybridized carbons (Fsp3) is 0.154. The Morgan fingerprint density at radius 3 is 3.00 bits per heavy atom. The molecule has 0 atom stereocenters. The highest BCUT2D eigenvalue weighted by Gasteiger charge is 2.10. The molecule has 3 aromatic heterocycles. The summed E-state index contributed by atoms with van der Waals surface area (Å²) in [6, 6.07) is 5.60. The van der Waals surface area contributed by atoms with E-state index in [-0.39, 0.29) is 11.2 Å². The predicted octanol–water partition coefficient (Wildman–Crippen LogP) is 0.985. The van der Waals surface area contributed by atoms with Gasteiger partial charge in [-0.25, -0.2) is 9.78 Å². The number of thioether (sulfide) groups is 1. The van der Waals surface area contributed by atoms with Gasteiger partial charge < -0.3 is 4.74 Å². The van der Waals surface area contributed by atoms with Crippen molar-refractivity contribution in [1.82, 2.24) is 24.6 Å². The molecule has 3 aromatic rings. The molecule has 0 aliphatic heterocycles. The Balaban J connectivity index is 1.84. The van der Waals surface area contributed by atoms with E-state index in [9.17, 15) is 4.79 Å². The Labute approximate surface area is 128 Å². The van der Waals surface area contributed by atoms with E-state index in [0.29, 0.717) is 16.7 Å². The minimum Gasteiger partial charge on any atom is -0.495 e. The van der Waals surface area contributed by atoms with Crippen LogP contribution in [-0.4, -0.2) is 31.7 Å². The molecule has 3 heterocycles. The Morgan fingerprint density at radius 2 is 2.32 bits per heavy atom. The van der Waals surface area contributed by atoms with Crippen molar-refractivity contribution in [3.05, 3.63) is 46.3 Å².